The second kappa shape index (κ2) is 6.54. The maximum Gasteiger partial charge on any atom is 0.129 e. The lowest BCUT2D eigenvalue weighted by Crippen LogP contribution is -2.38. The Morgan fingerprint density at radius 2 is 2.05 bits per heavy atom. The molecular weight excluding hydrogens is 282 g/mol. The predicted octanol–water partition coefficient (Wildman–Crippen LogP) is 1.91. The van der Waals surface area contributed by atoms with Crippen LogP contribution in [0.1, 0.15) is 12.5 Å². The van der Waals surface area contributed by atoms with Crippen molar-refractivity contribution in [2.24, 2.45) is 0 Å². The number of para-hydroxylation sites is 1. The largest absolute Gasteiger partial charge is 0.355 e. The normalized spacial score (nSPS) is 16.5. The third-order valence-electron chi connectivity index (χ3n) is 3.86. The minimum atomic E-state index is -0.654. The van der Waals surface area contributed by atoms with Crippen LogP contribution in [0.3, 0.4) is 0 Å². The molecule has 0 atom stereocenters. The van der Waals surface area contributed by atoms with E-state index in [1.807, 2.05) is 6.07 Å². The van der Waals surface area contributed by atoms with Gasteiger partial charge in [0.1, 0.15) is 5.82 Å². The van der Waals surface area contributed by atoms with Crippen LogP contribution >= 0.6 is 0 Å². The quantitative estimate of drug-likeness (QED) is 0.937. The molecule has 0 bridgehead atoms. The summed E-state index contributed by atoms with van der Waals surface area (Å²) in [7, 11) is -0.654. The zero-order valence-corrected chi connectivity index (χ0v) is 13.2. The lowest BCUT2D eigenvalue weighted by atomic mass is 10.1. The highest BCUT2D eigenvalue weighted by atomic mass is 32.2. The van der Waals surface area contributed by atoms with Gasteiger partial charge >= 0.3 is 0 Å². The maximum absolute atomic E-state index is 11.5. The van der Waals surface area contributed by atoms with Crippen LogP contribution < -0.4 is 10.2 Å². The molecule has 0 aliphatic carbocycles. The summed E-state index contributed by atoms with van der Waals surface area (Å²) < 4.78 is 11.5. The van der Waals surface area contributed by atoms with Gasteiger partial charge in [0, 0.05) is 47.3 Å². The van der Waals surface area contributed by atoms with Crippen molar-refractivity contribution in [3.05, 3.63) is 35.9 Å². The van der Waals surface area contributed by atoms with E-state index in [4.69, 9.17) is 4.98 Å². The summed E-state index contributed by atoms with van der Waals surface area (Å²) in [6.45, 7) is 5.59. The van der Waals surface area contributed by atoms with Crippen molar-refractivity contribution in [1.29, 1.82) is 0 Å². The molecule has 0 radical (unpaired) electrons. The van der Waals surface area contributed by atoms with Gasteiger partial charge in [-0.1, -0.05) is 25.1 Å². The van der Waals surface area contributed by atoms with Gasteiger partial charge in [-0.3, -0.25) is 4.21 Å². The van der Waals surface area contributed by atoms with Crippen LogP contribution in [0.2, 0.25) is 0 Å². The molecule has 1 fully saturated rings. The number of nitrogens with one attached hydrogen (secondary N) is 1. The molecule has 0 spiro atoms. The summed E-state index contributed by atoms with van der Waals surface area (Å²) in [4.78, 5) is 7.05. The summed E-state index contributed by atoms with van der Waals surface area (Å²) in [6.07, 6.45) is 0. The van der Waals surface area contributed by atoms with Crippen molar-refractivity contribution in [3.63, 3.8) is 0 Å². The molecule has 3 rings (SSSR count). The molecule has 21 heavy (non-hydrogen) atoms. The minimum absolute atomic E-state index is 0.654. The van der Waals surface area contributed by atoms with E-state index in [0.717, 1.165) is 49.0 Å². The molecule has 2 aromatic rings. The van der Waals surface area contributed by atoms with Gasteiger partial charge in [-0.2, -0.15) is 0 Å². The first kappa shape index (κ1) is 14.5. The van der Waals surface area contributed by atoms with Crippen molar-refractivity contribution in [2.75, 3.05) is 36.0 Å². The molecule has 0 saturated carbocycles. The third kappa shape index (κ3) is 3.24. The molecule has 1 saturated heterocycles. The number of rotatable bonds is 4. The minimum Gasteiger partial charge on any atom is -0.355 e. The van der Waals surface area contributed by atoms with Crippen LogP contribution in [-0.2, 0) is 17.3 Å². The molecule has 1 aromatic carbocycles. The number of aromatic nitrogens is 1. The number of fused-ring (bicyclic) bond motifs is 1. The van der Waals surface area contributed by atoms with Crippen LogP contribution in [-0.4, -0.2) is 40.3 Å². The van der Waals surface area contributed by atoms with Gasteiger partial charge < -0.3 is 10.2 Å². The Kier molecular flexibility index (Phi) is 4.51. The first-order chi connectivity index (χ1) is 10.3. The van der Waals surface area contributed by atoms with Crippen LogP contribution in [0.15, 0.2) is 30.3 Å². The number of nitrogens with zero attached hydrogens (tertiary/aromatic N) is 2. The molecule has 112 valence electrons. The molecule has 1 N–H and O–H groups in total. The Bertz CT molecular complexity index is 649. The number of anilines is 1. The summed E-state index contributed by atoms with van der Waals surface area (Å²) in [5.74, 6) is 2.51. The fraction of sp³-hybridized carbons (Fsp3) is 0.438. The Morgan fingerprint density at radius 1 is 1.29 bits per heavy atom. The lowest BCUT2D eigenvalue weighted by Gasteiger charge is -2.28. The standard InChI is InChI=1S/C16H21N3OS/c1-2-17-12-13-11-16(19-7-9-21(20)10-8-19)18-15-6-4-3-5-14(13)15/h3-6,11,17H,2,7-10,12H2,1H3. The molecule has 4 nitrogen and oxygen atoms in total. The lowest BCUT2D eigenvalue weighted by molar-refractivity contribution is 0.672. The molecule has 1 aliphatic rings. The van der Waals surface area contributed by atoms with E-state index in [-0.39, 0.29) is 0 Å². The van der Waals surface area contributed by atoms with Crippen molar-refractivity contribution in [3.8, 4) is 0 Å². The van der Waals surface area contributed by atoms with E-state index in [0.29, 0.717) is 0 Å². The molecule has 1 aromatic heterocycles. The van der Waals surface area contributed by atoms with Gasteiger partial charge in [0.25, 0.3) is 0 Å². The molecular formula is C16H21N3OS. The zero-order valence-electron chi connectivity index (χ0n) is 12.3. The van der Waals surface area contributed by atoms with Crippen LogP contribution in [0.4, 0.5) is 5.82 Å². The first-order valence-corrected chi connectivity index (χ1v) is 8.96. The number of hydrogen-bond acceptors (Lipinski definition) is 4. The van der Waals surface area contributed by atoms with E-state index in [1.165, 1.54) is 10.9 Å². The molecule has 2 heterocycles. The van der Waals surface area contributed by atoms with Crippen LogP contribution in [0, 0.1) is 0 Å². The molecule has 5 heteroatoms. The first-order valence-electron chi connectivity index (χ1n) is 7.47. The Balaban J connectivity index is 1.97. The van der Waals surface area contributed by atoms with Crippen molar-refractivity contribution < 1.29 is 4.21 Å². The van der Waals surface area contributed by atoms with Gasteiger partial charge in [0.2, 0.25) is 0 Å². The summed E-state index contributed by atoms with van der Waals surface area (Å²) >= 11 is 0. The van der Waals surface area contributed by atoms with Gasteiger partial charge in [-0.25, -0.2) is 4.98 Å². The van der Waals surface area contributed by atoms with Crippen LogP contribution in [0.25, 0.3) is 10.9 Å². The Hall–Kier alpha value is -1.46. The van der Waals surface area contributed by atoms with Crippen molar-refractivity contribution >= 4 is 27.5 Å². The molecule has 0 amide bonds. The summed E-state index contributed by atoms with van der Waals surface area (Å²) in [6, 6.07) is 10.5. The number of benzene rings is 1. The highest BCUT2D eigenvalue weighted by molar-refractivity contribution is 7.85. The smallest absolute Gasteiger partial charge is 0.129 e. The number of hydrogen-bond donors (Lipinski definition) is 1. The maximum atomic E-state index is 11.5. The second-order valence-corrected chi connectivity index (χ2v) is 6.97. The highest BCUT2D eigenvalue weighted by Crippen LogP contribution is 2.23. The molecule has 0 unspecified atom stereocenters. The van der Waals surface area contributed by atoms with E-state index < -0.39 is 10.8 Å². The van der Waals surface area contributed by atoms with E-state index >= 15 is 0 Å². The summed E-state index contributed by atoms with van der Waals surface area (Å²) in [5.41, 5.74) is 2.32. The SMILES string of the molecule is CCNCc1cc(N2CCS(=O)CC2)nc2ccccc12. The highest BCUT2D eigenvalue weighted by Gasteiger charge is 2.17. The van der Waals surface area contributed by atoms with Gasteiger partial charge in [-0.05, 0) is 24.2 Å². The Morgan fingerprint density at radius 3 is 2.81 bits per heavy atom. The third-order valence-corrected chi connectivity index (χ3v) is 5.13. The monoisotopic (exact) mass is 303 g/mol. The van der Waals surface area contributed by atoms with Gasteiger partial charge in [0.15, 0.2) is 0 Å². The Labute approximate surface area is 128 Å². The average Bonchev–Trinajstić information content (AvgIpc) is 2.53. The summed E-state index contributed by atoms with van der Waals surface area (Å²) in [5, 5.41) is 4.61. The zero-order chi connectivity index (χ0) is 14.7. The average molecular weight is 303 g/mol. The van der Waals surface area contributed by atoms with Crippen molar-refractivity contribution in [2.45, 2.75) is 13.5 Å². The second-order valence-electron chi connectivity index (χ2n) is 5.27. The van der Waals surface area contributed by atoms with E-state index in [2.05, 4.69) is 41.4 Å². The number of pyridine rings is 1. The topological polar surface area (TPSA) is 45.2 Å². The fourth-order valence-electron chi connectivity index (χ4n) is 2.67. The van der Waals surface area contributed by atoms with Crippen molar-refractivity contribution in [1.82, 2.24) is 10.3 Å². The fourth-order valence-corrected chi connectivity index (χ4v) is 3.72. The van der Waals surface area contributed by atoms with E-state index in [9.17, 15) is 4.21 Å². The predicted molar refractivity (Wildman–Crippen MR) is 89.2 cm³/mol. The van der Waals surface area contributed by atoms with E-state index in [1.54, 1.807) is 0 Å². The van der Waals surface area contributed by atoms with Gasteiger partial charge in [-0.15, -0.1) is 0 Å². The van der Waals surface area contributed by atoms with Crippen LogP contribution in [0.5, 0.6) is 0 Å². The van der Waals surface area contributed by atoms with Gasteiger partial charge in [0.05, 0.1) is 5.52 Å². The molecule has 1 aliphatic heterocycles.